The van der Waals surface area contributed by atoms with Crippen LogP contribution in [0.2, 0.25) is 0 Å². The standard InChI is InChI=1S/C23H29N2O3.BrH/c1-17-8-10-18(11-9-17)23(26)16-24(22-7-5-4-6-14-25(22)23)20-13-12-19(27-2)15-21(20)28-3;/h8-13,15,26H,4-7,14,16H2,1-3H3;1H/q+1;/p-1. The van der Waals surface area contributed by atoms with E-state index in [0.717, 1.165) is 48.6 Å². The molecule has 1 atom stereocenters. The van der Waals surface area contributed by atoms with Crippen LogP contribution in [-0.2, 0) is 5.72 Å². The summed E-state index contributed by atoms with van der Waals surface area (Å²) in [5.41, 5.74) is 2.05. The molecule has 1 N–H and O–H groups in total. The third kappa shape index (κ3) is 3.88. The van der Waals surface area contributed by atoms with Crippen LogP contribution >= 0.6 is 0 Å². The molecule has 0 aliphatic carbocycles. The van der Waals surface area contributed by atoms with E-state index in [1.807, 2.05) is 30.3 Å². The van der Waals surface area contributed by atoms with Crippen molar-refractivity contribution < 1.29 is 36.1 Å². The number of rotatable bonds is 4. The van der Waals surface area contributed by atoms with E-state index >= 15 is 0 Å². The SMILES string of the molecule is COc1ccc(N2CC(O)(c3ccc(C)cc3)[N+]3=C2CCCCC3)c(OC)c1.[Br-]. The molecule has 0 aromatic heterocycles. The van der Waals surface area contributed by atoms with Crippen molar-refractivity contribution in [3.8, 4) is 11.5 Å². The van der Waals surface area contributed by atoms with Gasteiger partial charge in [0.15, 0.2) is 18.0 Å². The van der Waals surface area contributed by atoms with E-state index in [2.05, 4.69) is 28.5 Å². The Hall–Kier alpha value is -2.05. The van der Waals surface area contributed by atoms with Crippen LogP contribution in [0, 0.1) is 6.92 Å². The van der Waals surface area contributed by atoms with Crippen LogP contribution in [0.5, 0.6) is 11.5 Å². The lowest BCUT2D eigenvalue weighted by atomic mass is 10.0. The number of anilines is 1. The maximum absolute atomic E-state index is 11.9. The average Bonchev–Trinajstić information content (AvgIpc) is 2.87. The molecule has 2 aromatic rings. The number of aryl methyl sites for hydroxylation is 1. The molecule has 2 aromatic carbocycles. The van der Waals surface area contributed by atoms with Gasteiger partial charge in [-0.2, -0.15) is 0 Å². The molecule has 2 aliphatic rings. The van der Waals surface area contributed by atoms with Crippen LogP contribution in [0.4, 0.5) is 5.69 Å². The molecule has 0 fully saturated rings. The van der Waals surface area contributed by atoms with Gasteiger partial charge in [0, 0.05) is 18.1 Å². The van der Waals surface area contributed by atoms with Crippen LogP contribution in [0.25, 0.3) is 0 Å². The molecule has 2 aliphatic heterocycles. The zero-order valence-electron chi connectivity index (χ0n) is 17.3. The number of amidine groups is 1. The Bertz CT molecular complexity index is 897. The largest absolute Gasteiger partial charge is 1.00 e. The fraction of sp³-hybridized carbons (Fsp3) is 0.435. The molecule has 2 heterocycles. The van der Waals surface area contributed by atoms with Gasteiger partial charge in [-0.25, -0.2) is 9.48 Å². The van der Waals surface area contributed by atoms with E-state index in [4.69, 9.17) is 9.47 Å². The average molecular weight is 461 g/mol. The monoisotopic (exact) mass is 460 g/mol. The fourth-order valence-corrected chi connectivity index (χ4v) is 4.37. The van der Waals surface area contributed by atoms with Gasteiger partial charge in [-0.3, -0.25) is 0 Å². The second-order valence-electron chi connectivity index (χ2n) is 7.69. The second kappa shape index (κ2) is 8.76. The Morgan fingerprint density at radius 2 is 1.76 bits per heavy atom. The highest BCUT2D eigenvalue weighted by Gasteiger charge is 2.52. The minimum absolute atomic E-state index is 0. The van der Waals surface area contributed by atoms with E-state index in [-0.39, 0.29) is 17.0 Å². The molecule has 1 unspecified atom stereocenters. The van der Waals surface area contributed by atoms with Crippen molar-refractivity contribution in [1.82, 2.24) is 0 Å². The summed E-state index contributed by atoms with van der Waals surface area (Å²) in [4.78, 5) is 2.23. The summed E-state index contributed by atoms with van der Waals surface area (Å²) in [5.74, 6) is 2.68. The van der Waals surface area contributed by atoms with Gasteiger partial charge in [0.1, 0.15) is 5.75 Å². The van der Waals surface area contributed by atoms with Crippen molar-refractivity contribution in [2.24, 2.45) is 0 Å². The maximum Gasteiger partial charge on any atom is 0.271 e. The Morgan fingerprint density at radius 1 is 1.00 bits per heavy atom. The number of aliphatic hydroxyl groups is 1. The predicted molar refractivity (Wildman–Crippen MR) is 111 cm³/mol. The lowest BCUT2D eigenvalue weighted by Crippen LogP contribution is -3.00. The predicted octanol–water partition coefficient (Wildman–Crippen LogP) is 0.667. The number of ether oxygens (including phenoxy) is 2. The first-order valence-corrected chi connectivity index (χ1v) is 9.99. The van der Waals surface area contributed by atoms with Gasteiger partial charge in [-0.15, -0.1) is 0 Å². The summed E-state index contributed by atoms with van der Waals surface area (Å²) in [6, 6.07) is 14.1. The quantitative estimate of drug-likeness (QED) is 0.681. The minimum atomic E-state index is -1.04. The zero-order chi connectivity index (χ0) is 19.7. The summed E-state index contributed by atoms with van der Waals surface area (Å²) in [5, 5.41) is 11.9. The lowest BCUT2D eigenvalue weighted by molar-refractivity contribution is -0.658. The van der Waals surface area contributed by atoms with E-state index in [0.29, 0.717) is 6.54 Å². The van der Waals surface area contributed by atoms with Gasteiger partial charge in [0.05, 0.1) is 20.8 Å². The van der Waals surface area contributed by atoms with Gasteiger partial charge in [0.25, 0.3) is 11.6 Å². The highest BCUT2D eigenvalue weighted by atomic mass is 79.9. The Balaban J connectivity index is 0.00000240. The molecule has 0 spiro atoms. The highest BCUT2D eigenvalue weighted by Crippen LogP contribution is 2.40. The van der Waals surface area contributed by atoms with Crippen molar-refractivity contribution >= 4 is 11.5 Å². The summed E-state index contributed by atoms with van der Waals surface area (Å²) < 4.78 is 13.2. The molecule has 0 amide bonds. The topological polar surface area (TPSA) is 44.9 Å². The Kier molecular flexibility index (Phi) is 6.54. The molecule has 0 bridgehead atoms. The third-order valence-corrected chi connectivity index (χ3v) is 5.92. The van der Waals surface area contributed by atoms with Crippen molar-refractivity contribution in [2.75, 3.05) is 32.2 Å². The molecule has 5 nitrogen and oxygen atoms in total. The number of halogens is 1. The van der Waals surface area contributed by atoms with Crippen molar-refractivity contribution in [2.45, 2.75) is 38.3 Å². The number of methoxy groups -OCH3 is 2. The molecule has 6 heteroatoms. The number of β-amino-alcohol motifs (C(OH)–C–C–N with tert-alkyl or cyclic N) is 1. The molecule has 4 rings (SSSR count). The van der Waals surface area contributed by atoms with Gasteiger partial charge < -0.3 is 31.6 Å². The summed E-state index contributed by atoms with van der Waals surface area (Å²) in [7, 11) is 3.33. The van der Waals surface area contributed by atoms with Gasteiger partial charge in [-0.05, 0) is 38.3 Å². The van der Waals surface area contributed by atoms with Gasteiger partial charge >= 0.3 is 0 Å². The van der Waals surface area contributed by atoms with Crippen molar-refractivity contribution in [1.29, 1.82) is 0 Å². The van der Waals surface area contributed by atoms with E-state index in [9.17, 15) is 5.11 Å². The van der Waals surface area contributed by atoms with Crippen LogP contribution in [0.1, 0.15) is 36.8 Å². The van der Waals surface area contributed by atoms with Crippen LogP contribution in [-0.4, -0.2) is 42.8 Å². The summed E-state index contributed by atoms with van der Waals surface area (Å²) in [6.45, 7) is 3.41. The first-order chi connectivity index (χ1) is 13.6. The van der Waals surface area contributed by atoms with Gasteiger partial charge in [0.2, 0.25) is 0 Å². The van der Waals surface area contributed by atoms with Gasteiger partial charge in [-0.1, -0.05) is 29.8 Å². The Labute approximate surface area is 183 Å². The number of benzene rings is 2. The molecular formula is C23H29BrN2O3. The maximum atomic E-state index is 11.9. The normalized spacial score (nSPS) is 21.3. The molecule has 0 saturated carbocycles. The number of hydrogen-bond donors (Lipinski definition) is 1. The second-order valence-corrected chi connectivity index (χ2v) is 7.69. The lowest BCUT2D eigenvalue weighted by Gasteiger charge is -2.24. The van der Waals surface area contributed by atoms with Crippen molar-refractivity contribution in [3.05, 3.63) is 53.6 Å². The first kappa shape index (κ1) is 21.7. The van der Waals surface area contributed by atoms with E-state index < -0.39 is 5.72 Å². The molecule has 156 valence electrons. The summed E-state index contributed by atoms with van der Waals surface area (Å²) in [6.07, 6.45) is 4.34. The minimum Gasteiger partial charge on any atom is -1.00 e. The fourth-order valence-electron chi connectivity index (χ4n) is 4.37. The third-order valence-electron chi connectivity index (χ3n) is 5.92. The first-order valence-electron chi connectivity index (χ1n) is 9.99. The van der Waals surface area contributed by atoms with Crippen molar-refractivity contribution in [3.63, 3.8) is 0 Å². The van der Waals surface area contributed by atoms with E-state index in [1.54, 1.807) is 14.2 Å². The highest BCUT2D eigenvalue weighted by molar-refractivity contribution is 5.97. The van der Waals surface area contributed by atoms with Crippen LogP contribution < -0.4 is 31.4 Å². The Morgan fingerprint density at radius 3 is 2.45 bits per heavy atom. The molecule has 0 radical (unpaired) electrons. The smallest absolute Gasteiger partial charge is 0.271 e. The number of hydrogen-bond acceptors (Lipinski definition) is 4. The zero-order valence-corrected chi connectivity index (χ0v) is 18.9. The molecule has 29 heavy (non-hydrogen) atoms. The van der Waals surface area contributed by atoms with Crippen LogP contribution in [0.15, 0.2) is 42.5 Å². The molecular weight excluding hydrogens is 432 g/mol. The van der Waals surface area contributed by atoms with E-state index in [1.165, 1.54) is 17.8 Å². The number of nitrogens with zero attached hydrogens (tertiary/aromatic N) is 2. The summed E-state index contributed by atoms with van der Waals surface area (Å²) >= 11 is 0. The van der Waals surface area contributed by atoms with Crippen LogP contribution in [0.3, 0.4) is 0 Å². The molecule has 0 saturated heterocycles.